The minimum Gasteiger partial charge on any atom is -0.384 e. The molecule has 1 N–H and O–H groups in total. The molecule has 2 atom stereocenters. The highest BCUT2D eigenvalue weighted by Gasteiger charge is 2.31. The fourth-order valence-electron chi connectivity index (χ4n) is 2.41. The number of rotatable bonds is 6. The smallest absolute Gasteiger partial charge is 0.124 e. The topological polar surface area (TPSA) is 59.8 Å². The van der Waals surface area contributed by atoms with Crippen molar-refractivity contribution < 1.29 is 14.6 Å². The Labute approximate surface area is 127 Å². The molecule has 0 spiro atoms. The van der Waals surface area contributed by atoms with Crippen LogP contribution in [0.3, 0.4) is 0 Å². The van der Waals surface area contributed by atoms with E-state index in [9.17, 15) is 5.11 Å². The average molecular weight is 348 g/mol. The first-order valence-corrected chi connectivity index (χ1v) is 7.68. The van der Waals surface area contributed by atoms with E-state index in [0.717, 1.165) is 29.8 Å². The van der Waals surface area contributed by atoms with Crippen molar-refractivity contribution in [3.05, 3.63) is 16.4 Å². The summed E-state index contributed by atoms with van der Waals surface area (Å²) in [5.74, 6) is 0. The van der Waals surface area contributed by atoms with Crippen LogP contribution >= 0.6 is 15.9 Å². The molecule has 2 heterocycles. The molecule has 1 fully saturated rings. The number of likely N-dealkylation sites (N-methyl/N-ethyl adjacent to an activating group) is 1. The molecule has 114 valence electrons. The van der Waals surface area contributed by atoms with Crippen LogP contribution in [-0.2, 0) is 16.0 Å². The minimum absolute atomic E-state index is 0.224. The normalized spacial score (nSPS) is 22.1. The fraction of sp³-hybridized carbons (Fsp3) is 0.769. The first-order chi connectivity index (χ1) is 9.67. The maximum absolute atomic E-state index is 10.6. The van der Waals surface area contributed by atoms with Gasteiger partial charge in [0.05, 0.1) is 36.1 Å². The van der Waals surface area contributed by atoms with Crippen molar-refractivity contribution >= 4 is 15.9 Å². The molecule has 1 aromatic heterocycles. The summed E-state index contributed by atoms with van der Waals surface area (Å²) in [6.45, 7) is 6.56. The fourth-order valence-corrected chi connectivity index (χ4v) is 2.94. The highest BCUT2D eigenvalue weighted by Crippen LogP contribution is 2.28. The van der Waals surface area contributed by atoms with Gasteiger partial charge in [-0.3, -0.25) is 9.58 Å². The molecule has 6 nitrogen and oxygen atoms in total. The van der Waals surface area contributed by atoms with Gasteiger partial charge < -0.3 is 14.6 Å². The zero-order chi connectivity index (χ0) is 14.5. The first-order valence-electron chi connectivity index (χ1n) is 6.89. The van der Waals surface area contributed by atoms with Gasteiger partial charge in [-0.2, -0.15) is 5.10 Å². The van der Waals surface area contributed by atoms with Crippen LogP contribution in [0.5, 0.6) is 0 Å². The van der Waals surface area contributed by atoms with Crippen LogP contribution in [0, 0.1) is 0 Å². The lowest BCUT2D eigenvalue weighted by atomic mass is 10.1. The Morgan fingerprint density at radius 2 is 2.45 bits per heavy atom. The maximum Gasteiger partial charge on any atom is 0.124 e. The number of halogens is 1. The predicted molar refractivity (Wildman–Crippen MR) is 78.6 cm³/mol. The highest BCUT2D eigenvalue weighted by atomic mass is 79.9. The van der Waals surface area contributed by atoms with E-state index < -0.39 is 6.10 Å². The Bertz CT molecular complexity index is 427. The molecule has 2 unspecified atom stereocenters. The molecule has 0 amide bonds. The van der Waals surface area contributed by atoms with Gasteiger partial charge in [0.1, 0.15) is 12.2 Å². The van der Waals surface area contributed by atoms with Crippen LogP contribution in [0.15, 0.2) is 10.7 Å². The summed E-state index contributed by atoms with van der Waals surface area (Å²) < 4.78 is 13.4. The predicted octanol–water partition coefficient (Wildman–Crippen LogP) is 1.05. The van der Waals surface area contributed by atoms with Gasteiger partial charge in [0.15, 0.2) is 0 Å². The molecule has 2 rings (SSSR count). The van der Waals surface area contributed by atoms with Crippen molar-refractivity contribution in [1.82, 2.24) is 14.7 Å². The van der Waals surface area contributed by atoms with Gasteiger partial charge in [0, 0.05) is 20.2 Å². The maximum atomic E-state index is 10.6. The first kappa shape index (κ1) is 15.9. The minimum atomic E-state index is -0.696. The van der Waals surface area contributed by atoms with E-state index in [1.807, 2.05) is 0 Å². The van der Waals surface area contributed by atoms with E-state index in [-0.39, 0.29) is 6.10 Å². The molecule has 0 aromatic carbocycles. The number of aromatic nitrogens is 2. The van der Waals surface area contributed by atoms with Crippen LogP contribution in [0.4, 0.5) is 0 Å². The van der Waals surface area contributed by atoms with Crippen molar-refractivity contribution in [2.75, 3.05) is 40.0 Å². The monoisotopic (exact) mass is 347 g/mol. The second kappa shape index (κ2) is 7.51. The summed E-state index contributed by atoms with van der Waals surface area (Å²) in [7, 11) is 1.65. The van der Waals surface area contributed by atoms with Crippen molar-refractivity contribution in [2.24, 2.45) is 0 Å². The number of hydrogen-bond donors (Lipinski definition) is 1. The van der Waals surface area contributed by atoms with E-state index >= 15 is 0 Å². The molecular formula is C13H22BrN3O3. The standard InChI is InChI=1S/C13H22BrN3O3/c1-3-16-4-7-20-11(9-16)13(18)12-10(14)8-15-17(12)5-6-19-2/h8,11,13,18H,3-7,9H2,1-2H3. The highest BCUT2D eigenvalue weighted by molar-refractivity contribution is 9.10. The quantitative estimate of drug-likeness (QED) is 0.833. The molecule has 0 aliphatic carbocycles. The third kappa shape index (κ3) is 3.59. The molecule has 0 saturated carbocycles. The van der Waals surface area contributed by atoms with Gasteiger partial charge in [-0.05, 0) is 22.5 Å². The summed E-state index contributed by atoms with van der Waals surface area (Å²) in [5.41, 5.74) is 0.755. The lowest BCUT2D eigenvalue weighted by molar-refractivity contribution is -0.0915. The summed E-state index contributed by atoms with van der Waals surface area (Å²) >= 11 is 3.46. The summed E-state index contributed by atoms with van der Waals surface area (Å²) in [4.78, 5) is 2.28. The van der Waals surface area contributed by atoms with E-state index in [1.54, 1.807) is 18.0 Å². The van der Waals surface area contributed by atoms with Gasteiger partial charge >= 0.3 is 0 Å². The Morgan fingerprint density at radius 1 is 1.65 bits per heavy atom. The Morgan fingerprint density at radius 3 is 3.15 bits per heavy atom. The summed E-state index contributed by atoms with van der Waals surface area (Å²) in [6, 6.07) is 0. The molecule has 1 aliphatic rings. The SMILES string of the molecule is CCN1CCOC(C(O)c2c(Br)cnn2CCOC)C1. The third-order valence-electron chi connectivity index (χ3n) is 3.60. The largest absolute Gasteiger partial charge is 0.384 e. The van der Waals surface area contributed by atoms with Crippen LogP contribution in [0.2, 0.25) is 0 Å². The van der Waals surface area contributed by atoms with Gasteiger partial charge in [0.25, 0.3) is 0 Å². The molecular weight excluding hydrogens is 326 g/mol. The van der Waals surface area contributed by atoms with E-state index in [1.165, 1.54) is 0 Å². The van der Waals surface area contributed by atoms with Crippen LogP contribution < -0.4 is 0 Å². The lowest BCUT2D eigenvalue weighted by Crippen LogP contribution is -2.45. The van der Waals surface area contributed by atoms with Crippen LogP contribution in [0.25, 0.3) is 0 Å². The number of morpholine rings is 1. The molecule has 1 saturated heterocycles. The second-order valence-corrected chi connectivity index (χ2v) is 5.70. The Hall–Kier alpha value is -0.470. The molecule has 7 heteroatoms. The van der Waals surface area contributed by atoms with Gasteiger partial charge in [-0.1, -0.05) is 6.92 Å². The molecule has 1 aromatic rings. The summed E-state index contributed by atoms with van der Waals surface area (Å²) in [5, 5.41) is 14.9. The summed E-state index contributed by atoms with van der Waals surface area (Å²) in [6.07, 6.45) is 0.783. The molecule has 1 aliphatic heterocycles. The van der Waals surface area contributed by atoms with Gasteiger partial charge in [-0.25, -0.2) is 0 Å². The van der Waals surface area contributed by atoms with Crippen LogP contribution in [0.1, 0.15) is 18.7 Å². The number of aliphatic hydroxyl groups is 1. The van der Waals surface area contributed by atoms with Gasteiger partial charge in [-0.15, -0.1) is 0 Å². The zero-order valence-electron chi connectivity index (χ0n) is 12.0. The molecule has 20 heavy (non-hydrogen) atoms. The van der Waals surface area contributed by atoms with E-state index in [4.69, 9.17) is 9.47 Å². The molecule has 0 radical (unpaired) electrons. The average Bonchev–Trinajstić information content (AvgIpc) is 2.85. The van der Waals surface area contributed by atoms with Gasteiger partial charge in [0.2, 0.25) is 0 Å². The van der Waals surface area contributed by atoms with Crippen molar-refractivity contribution in [1.29, 1.82) is 0 Å². The Balaban J connectivity index is 2.11. The van der Waals surface area contributed by atoms with E-state index in [2.05, 4.69) is 32.9 Å². The zero-order valence-corrected chi connectivity index (χ0v) is 13.5. The van der Waals surface area contributed by atoms with Crippen molar-refractivity contribution in [2.45, 2.75) is 25.7 Å². The third-order valence-corrected chi connectivity index (χ3v) is 4.21. The number of hydrogen-bond acceptors (Lipinski definition) is 5. The van der Waals surface area contributed by atoms with Crippen LogP contribution in [-0.4, -0.2) is 65.8 Å². The lowest BCUT2D eigenvalue weighted by Gasteiger charge is -2.34. The molecule has 0 bridgehead atoms. The number of ether oxygens (including phenoxy) is 2. The number of nitrogens with zero attached hydrogens (tertiary/aromatic N) is 3. The van der Waals surface area contributed by atoms with Crippen molar-refractivity contribution in [3.8, 4) is 0 Å². The Kier molecular flexibility index (Phi) is 5.98. The number of aliphatic hydroxyl groups excluding tert-OH is 1. The van der Waals surface area contributed by atoms with E-state index in [0.29, 0.717) is 19.8 Å². The number of methoxy groups -OCH3 is 1. The second-order valence-electron chi connectivity index (χ2n) is 4.84. The van der Waals surface area contributed by atoms with Crippen molar-refractivity contribution in [3.63, 3.8) is 0 Å².